The van der Waals surface area contributed by atoms with Crippen molar-refractivity contribution in [3.8, 4) is 23.0 Å². The zero-order chi connectivity index (χ0) is 28.4. The molecule has 0 aliphatic rings. The highest BCUT2D eigenvalue weighted by Crippen LogP contribution is 2.30. The van der Waals surface area contributed by atoms with Gasteiger partial charge in [0.05, 0.1) is 37.9 Å². The van der Waals surface area contributed by atoms with Gasteiger partial charge in [0.1, 0.15) is 17.2 Å². The largest absolute Gasteiger partial charge is 0.497 e. The van der Waals surface area contributed by atoms with Crippen LogP contribution in [0.4, 0.5) is 17.1 Å². The Morgan fingerprint density at radius 3 is 2.08 bits per heavy atom. The molecule has 0 spiro atoms. The third kappa shape index (κ3) is 7.82. The molecule has 204 valence electrons. The Hall–Kier alpha value is -5.33. The Balaban J connectivity index is 1.55. The van der Waals surface area contributed by atoms with Crippen molar-refractivity contribution in [3.63, 3.8) is 0 Å². The van der Waals surface area contributed by atoms with Crippen molar-refractivity contribution in [2.45, 2.75) is 0 Å². The van der Waals surface area contributed by atoms with Gasteiger partial charge in [0.2, 0.25) is 0 Å². The van der Waals surface area contributed by atoms with Gasteiger partial charge in [-0.05, 0) is 54.6 Å². The molecule has 0 bridgehead atoms. The lowest BCUT2D eigenvalue weighted by molar-refractivity contribution is -0.384. The van der Waals surface area contributed by atoms with E-state index >= 15 is 0 Å². The summed E-state index contributed by atoms with van der Waals surface area (Å²) in [7, 11) is 4.24. The van der Waals surface area contributed by atoms with Gasteiger partial charge in [-0.15, -0.1) is 0 Å². The van der Waals surface area contributed by atoms with Crippen LogP contribution in [0.5, 0.6) is 23.0 Å². The highest BCUT2D eigenvalue weighted by atomic mass is 16.6. The number of hydrogen-bond donors (Lipinski definition) is 2. The van der Waals surface area contributed by atoms with E-state index in [0.29, 0.717) is 11.4 Å². The van der Waals surface area contributed by atoms with E-state index in [4.69, 9.17) is 23.7 Å². The normalized spacial score (nSPS) is 10.1. The summed E-state index contributed by atoms with van der Waals surface area (Å²) in [5.74, 6) is -0.819. The number of esters is 1. The van der Waals surface area contributed by atoms with Crippen molar-refractivity contribution in [1.29, 1.82) is 0 Å². The molecule has 0 fully saturated rings. The molecule has 0 saturated carbocycles. The number of carbonyl (C=O) groups excluding carboxylic acids is 3. The maximum Gasteiger partial charge on any atom is 0.338 e. The summed E-state index contributed by atoms with van der Waals surface area (Å²) in [6.07, 6.45) is 0. The molecular weight excluding hydrogens is 514 g/mol. The first kappa shape index (κ1) is 28.2. The Bertz CT molecular complexity index is 1360. The van der Waals surface area contributed by atoms with E-state index in [1.807, 2.05) is 0 Å². The predicted molar refractivity (Wildman–Crippen MR) is 139 cm³/mol. The maximum atomic E-state index is 12.5. The third-order valence-electron chi connectivity index (χ3n) is 5.14. The van der Waals surface area contributed by atoms with Gasteiger partial charge in [-0.2, -0.15) is 0 Å². The van der Waals surface area contributed by atoms with E-state index in [9.17, 15) is 24.5 Å². The van der Waals surface area contributed by atoms with Gasteiger partial charge in [0.15, 0.2) is 24.7 Å². The van der Waals surface area contributed by atoms with Crippen molar-refractivity contribution < 1.29 is 43.0 Å². The Kier molecular flexibility index (Phi) is 9.62. The quantitative estimate of drug-likeness (QED) is 0.198. The number of carbonyl (C=O) groups is 3. The molecule has 0 saturated heterocycles. The molecule has 2 N–H and O–H groups in total. The second-order valence-electron chi connectivity index (χ2n) is 7.70. The summed E-state index contributed by atoms with van der Waals surface area (Å²) in [6.45, 7) is -1.03. The number of anilines is 2. The summed E-state index contributed by atoms with van der Waals surface area (Å²) >= 11 is 0. The Morgan fingerprint density at radius 1 is 0.769 bits per heavy atom. The molecule has 13 heteroatoms. The highest BCUT2D eigenvalue weighted by molar-refractivity contribution is 5.97. The molecule has 0 aromatic heterocycles. The SMILES string of the molecule is COc1ccc(NC(=O)COc2ccc(C(=O)OCC(=O)Nc3ccc(OC)cc3[N+](=O)[O-])cc2OC)cc1. The fraction of sp³-hybridized carbons (Fsp3) is 0.192. The number of nitrogens with zero attached hydrogens (tertiary/aromatic N) is 1. The number of rotatable bonds is 12. The molecule has 3 aromatic carbocycles. The summed E-state index contributed by atoms with van der Waals surface area (Å²) < 4.78 is 25.8. The average Bonchev–Trinajstić information content (AvgIpc) is 2.95. The van der Waals surface area contributed by atoms with Gasteiger partial charge in [-0.3, -0.25) is 19.7 Å². The molecule has 0 aliphatic carbocycles. The first-order valence-corrected chi connectivity index (χ1v) is 11.3. The second-order valence-corrected chi connectivity index (χ2v) is 7.70. The zero-order valence-electron chi connectivity index (χ0n) is 21.2. The van der Waals surface area contributed by atoms with Gasteiger partial charge in [-0.25, -0.2) is 4.79 Å². The van der Waals surface area contributed by atoms with Gasteiger partial charge in [-0.1, -0.05) is 0 Å². The van der Waals surface area contributed by atoms with E-state index in [1.54, 1.807) is 24.3 Å². The topological polar surface area (TPSA) is 165 Å². The average molecular weight is 539 g/mol. The van der Waals surface area contributed by atoms with Crippen LogP contribution in [0.15, 0.2) is 60.7 Å². The lowest BCUT2D eigenvalue weighted by Gasteiger charge is -2.12. The summed E-state index contributed by atoms with van der Waals surface area (Å²) in [4.78, 5) is 47.5. The molecule has 0 unspecified atom stereocenters. The number of methoxy groups -OCH3 is 3. The van der Waals surface area contributed by atoms with Crippen molar-refractivity contribution in [2.75, 3.05) is 45.2 Å². The number of benzene rings is 3. The lowest BCUT2D eigenvalue weighted by Crippen LogP contribution is -2.21. The zero-order valence-corrected chi connectivity index (χ0v) is 21.2. The van der Waals surface area contributed by atoms with Crippen LogP contribution < -0.4 is 29.6 Å². The fourth-order valence-electron chi connectivity index (χ4n) is 3.22. The maximum absolute atomic E-state index is 12.5. The van der Waals surface area contributed by atoms with Crippen molar-refractivity contribution in [1.82, 2.24) is 0 Å². The van der Waals surface area contributed by atoms with Crippen molar-refractivity contribution in [3.05, 3.63) is 76.3 Å². The molecule has 2 amide bonds. The molecule has 39 heavy (non-hydrogen) atoms. The standard InChI is InChI=1S/C26H25N3O10/c1-35-18-7-5-17(6-8-18)27-24(30)14-38-22-11-4-16(12-23(22)37-3)26(32)39-15-25(31)28-20-10-9-19(36-2)13-21(20)29(33)34/h4-13H,14-15H2,1-3H3,(H,27,30)(H,28,31). The van der Waals surface area contributed by atoms with Gasteiger partial charge < -0.3 is 34.3 Å². The van der Waals surface area contributed by atoms with E-state index in [-0.39, 0.29) is 40.8 Å². The lowest BCUT2D eigenvalue weighted by atomic mass is 10.2. The summed E-state index contributed by atoms with van der Waals surface area (Å²) in [5, 5.41) is 16.3. The van der Waals surface area contributed by atoms with Crippen molar-refractivity contribution >= 4 is 34.8 Å². The second kappa shape index (κ2) is 13.3. The first-order valence-electron chi connectivity index (χ1n) is 11.3. The number of ether oxygens (including phenoxy) is 5. The molecule has 0 atom stereocenters. The van der Waals surface area contributed by atoms with Crippen LogP contribution in [0.3, 0.4) is 0 Å². The van der Waals surface area contributed by atoms with Crippen LogP contribution in [0.25, 0.3) is 0 Å². The van der Waals surface area contributed by atoms with E-state index in [0.717, 1.165) is 6.07 Å². The van der Waals surface area contributed by atoms with Crippen molar-refractivity contribution in [2.24, 2.45) is 0 Å². The predicted octanol–water partition coefficient (Wildman–Crippen LogP) is 3.43. The molecule has 0 heterocycles. The minimum Gasteiger partial charge on any atom is -0.497 e. The Morgan fingerprint density at radius 2 is 1.44 bits per heavy atom. The number of nitro groups is 1. The number of amides is 2. The van der Waals surface area contributed by atoms with Crippen LogP contribution >= 0.6 is 0 Å². The minimum atomic E-state index is -0.850. The summed E-state index contributed by atoms with van der Waals surface area (Å²) in [5.41, 5.74) is 0.137. The molecular formula is C26H25N3O10. The van der Waals surface area contributed by atoms with Crippen LogP contribution in [0.1, 0.15) is 10.4 Å². The van der Waals surface area contributed by atoms with Gasteiger partial charge >= 0.3 is 5.97 Å². The minimum absolute atomic E-state index is 0.0464. The Labute approximate surface area is 222 Å². The highest BCUT2D eigenvalue weighted by Gasteiger charge is 2.19. The van der Waals surface area contributed by atoms with E-state index in [1.165, 1.54) is 51.7 Å². The van der Waals surface area contributed by atoms with Crippen LogP contribution in [-0.2, 0) is 14.3 Å². The number of hydrogen-bond acceptors (Lipinski definition) is 10. The molecule has 3 rings (SSSR count). The van der Waals surface area contributed by atoms with Crippen LogP contribution in [0.2, 0.25) is 0 Å². The number of nitrogens with one attached hydrogen (secondary N) is 2. The van der Waals surface area contributed by atoms with E-state index in [2.05, 4.69) is 10.6 Å². The van der Waals surface area contributed by atoms with Gasteiger partial charge in [0.25, 0.3) is 17.5 Å². The molecule has 0 radical (unpaired) electrons. The molecule has 0 aliphatic heterocycles. The van der Waals surface area contributed by atoms with Gasteiger partial charge in [0, 0.05) is 5.69 Å². The first-order chi connectivity index (χ1) is 18.7. The van der Waals surface area contributed by atoms with E-state index < -0.39 is 29.3 Å². The van der Waals surface area contributed by atoms with Crippen LogP contribution in [-0.4, -0.2) is 57.3 Å². The fourth-order valence-corrected chi connectivity index (χ4v) is 3.22. The molecule has 13 nitrogen and oxygen atoms in total. The number of nitro benzene ring substituents is 1. The smallest absolute Gasteiger partial charge is 0.338 e. The monoisotopic (exact) mass is 539 g/mol. The third-order valence-corrected chi connectivity index (χ3v) is 5.14. The summed E-state index contributed by atoms with van der Waals surface area (Å²) in [6, 6.07) is 14.8. The molecule has 3 aromatic rings. The van der Waals surface area contributed by atoms with Crippen LogP contribution in [0, 0.1) is 10.1 Å².